The van der Waals surface area contributed by atoms with Crippen LogP contribution < -0.4 is 4.90 Å². The van der Waals surface area contributed by atoms with Crippen LogP contribution >= 0.6 is 0 Å². The highest BCUT2D eigenvalue weighted by Crippen LogP contribution is 2.48. The summed E-state index contributed by atoms with van der Waals surface area (Å²) in [5.74, 6) is 0. The molecule has 0 unspecified atom stereocenters. The zero-order chi connectivity index (χ0) is 15.7. The van der Waals surface area contributed by atoms with Gasteiger partial charge in [-0.15, -0.1) is 0 Å². The van der Waals surface area contributed by atoms with E-state index < -0.39 is 5.60 Å². The molecule has 1 aliphatic heterocycles. The molecule has 3 nitrogen and oxygen atoms in total. The van der Waals surface area contributed by atoms with Gasteiger partial charge in [0.05, 0.1) is 0 Å². The van der Waals surface area contributed by atoms with Crippen LogP contribution in [0.3, 0.4) is 0 Å². The molecule has 2 aromatic carbocycles. The van der Waals surface area contributed by atoms with Crippen molar-refractivity contribution in [2.45, 2.75) is 18.4 Å². The van der Waals surface area contributed by atoms with Gasteiger partial charge in [-0.25, -0.2) is 0 Å². The van der Waals surface area contributed by atoms with E-state index in [4.69, 9.17) is 0 Å². The third-order valence-electron chi connectivity index (χ3n) is 4.57. The minimum atomic E-state index is -0.907. The summed E-state index contributed by atoms with van der Waals surface area (Å²) >= 11 is 0. The first kappa shape index (κ1) is 15.1. The second kappa shape index (κ2) is 5.75. The first-order chi connectivity index (χ1) is 10.5. The minimum absolute atomic E-state index is 0.729. The molecule has 0 saturated carbocycles. The Kier molecular flexibility index (Phi) is 3.94. The van der Waals surface area contributed by atoms with E-state index in [-0.39, 0.29) is 0 Å². The molecule has 0 aromatic heterocycles. The molecule has 0 spiro atoms. The Balaban J connectivity index is 2.07. The Morgan fingerprint density at radius 2 is 1.45 bits per heavy atom. The maximum atomic E-state index is 11.6. The molecular weight excluding hydrogens is 272 g/mol. The molecule has 0 radical (unpaired) electrons. The van der Waals surface area contributed by atoms with Crippen molar-refractivity contribution in [3.8, 4) is 0 Å². The summed E-state index contributed by atoms with van der Waals surface area (Å²) in [6, 6.07) is 16.4. The summed E-state index contributed by atoms with van der Waals surface area (Å²) in [4.78, 5) is 4.33. The standard InChI is InChI=1S/C19H24N2O/c1-20(2)14-8-13-19(22)15-9-4-6-11-17(15)21(3)18-12-7-5-10-16(18)19/h4-7,9-12,22H,8,13-14H2,1-3H3. The Morgan fingerprint density at radius 1 is 0.955 bits per heavy atom. The molecule has 0 fully saturated rings. The fourth-order valence-corrected chi connectivity index (χ4v) is 3.43. The second-order valence-electron chi connectivity index (χ2n) is 6.36. The van der Waals surface area contributed by atoms with Gasteiger partial charge in [-0.3, -0.25) is 0 Å². The van der Waals surface area contributed by atoms with Crippen LogP contribution in [-0.2, 0) is 5.60 Å². The summed E-state index contributed by atoms with van der Waals surface area (Å²) in [5, 5.41) is 11.6. The first-order valence-electron chi connectivity index (χ1n) is 7.84. The van der Waals surface area contributed by atoms with E-state index in [1.54, 1.807) is 0 Å². The number of hydrogen-bond acceptors (Lipinski definition) is 3. The van der Waals surface area contributed by atoms with Crippen LogP contribution in [0.15, 0.2) is 48.5 Å². The third-order valence-corrected chi connectivity index (χ3v) is 4.57. The van der Waals surface area contributed by atoms with Crippen molar-refractivity contribution in [2.24, 2.45) is 0 Å². The molecule has 2 aromatic rings. The fraction of sp³-hybridized carbons (Fsp3) is 0.368. The van der Waals surface area contributed by atoms with Crippen LogP contribution in [0, 0.1) is 0 Å². The molecule has 3 rings (SSSR count). The predicted molar refractivity (Wildman–Crippen MR) is 91.7 cm³/mol. The predicted octanol–water partition coefficient (Wildman–Crippen LogP) is 3.35. The number of anilines is 2. The van der Waals surface area contributed by atoms with Crippen LogP contribution in [0.5, 0.6) is 0 Å². The fourth-order valence-electron chi connectivity index (χ4n) is 3.43. The largest absolute Gasteiger partial charge is 0.380 e. The van der Waals surface area contributed by atoms with Gasteiger partial charge >= 0.3 is 0 Å². The molecule has 1 N–H and O–H groups in total. The number of benzene rings is 2. The molecule has 116 valence electrons. The van der Waals surface area contributed by atoms with Gasteiger partial charge in [-0.1, -0.05) is 36.4 Å². The molecule has 0 saturated heterocycles. The zero-order valence-corrected chi connectivity index (χ0v) is 13.6. The van der Waals surface area contributed by atoms with Crippen molar-refractivity contribution < 1.29 is 5.11 Å². The average Bonchev–Trinajstić information content (AvgIpc) is 2.53. The lowest BCUT2D eigenvalue weighted by Gasteiger charge is -2.41. The Labute approximate surface area is 132 Å². The highest BCUT2D eigenvalue weighted by atomic mass is 16.3. The van der Waals surface area contributed by atoms with E-state index in [2.05, 4.69) is 55.2 Å². The summed E-state index contributed by atoms with van der Waals surface area (Å²) in [7, 11) is 6.21. The van der Waals surface area contributed by atoms with Crippen LogP contribution in [0.1, 0.15) is 24.0 Å². The SMILES string of the molecule is CN(C)CCCC1(O)c2ccccc2N(C)c2ccccc21. The smallest absolute Gasteiger partial charge is 0.119 e. The van der Waals surface area contributed by atoms with Gasteiger partial charge in [-0.2, -0.15) is 0 Å². The maximum absolute atomic E-state index is 11.6. The molecule has 1 heterocycles. The van der Waals surface area contributed by atoms with Crippen molar-refractivity contribution in [3.05, 3.63) is 59.7 Å². The van der Waals surface area contributed by atoms with E-state index in [1.165, 1.54) is 0 Å². The van der Waals surface area contributed by atoms with Crippen molar-refractivity contribution in [1.29, 1.82) is 0 Å². The van der Waals surface area contributed by atoms with Gasteiger partial charge < -0.3 is 14.9 Å². The maximum Gasteiger partial charge on any atom is 0.119 e. The molecule has 0 aliphatic carbocycles. The second-order valence-corrected chi connectivity index (χ2v) is 6.36. The van der Waals surface area contributed by atoms with Crippen LogP contribution in [0.2, 0.25) is 0 Å². The number of fused-ring (bicyclic) bond motifs is 2. The van der Waals surface area contributed by atoms with Gasteiger partial charge in [-0.05, 0) is 45.6 Å². The number of hydrogen-bond donors (Lipinski definition) is 1. The third kappa shape index (κ3) is 2.40. The summed E-state index contributed by atoms with van der Waals surface area (Å²) in [5.41, 5.74) is 3.29. The molecule has 3 heteroatoms. The molecule has 22 heavy (non-hydrogen) atoms. The Morgan fingerprint density at radius 3 is 1.95 bits per heavy atom. The summed E-state index contributed by atoms with van der Waals surface area (Å²) in [6.45, 7) is 0.975. The van der Waals surface area contributed by atoms with Crippen molar-refractivity contribution in [3.63, 3.8) is 0 Å². The van der Waals surface area contributed by atoms with Crippen molar-refractivity contribution in [2.75, 3.05) is 32.6 Å². The van der Waals surface area contributed by atoms with E-state index in [0.29, 0.717) is 0 Å². The van der Waals surface area contributed by atoms with Gasteiger partial charge in [0.2, 0.25) is 0 Å². The molecular formula is C19H24N2O. The van der Waals surface area contributed by atoms with Crippen LogP contribution in [0.4, 0.5) is 11.4 Å². The van der Waals surface area contributed by atoms with Crippen LogP contribution in [0.25, 0.3) is 0 Å². The van der Waals surface area contributed by atoms with Crippen LogP contribution in [-0.4, -0.2) is 37.7 Å². The quantitative estimate of drug-likeness (QED) is 0.937. The van der Waals surface area contributed by atoms with Gasteiger partial charge in [0.15, 0.2) is 0 Å². The number of nitrogens with zero attached hydrogens (tertiary/aromatic N) is 2. The topological polar surface area (TPSA) is 26.7 Å². The number of para-hydroxylation sites is 2. The minimum Gasteiger partial charge on any atom is -0.380 e. The van der Waals surface area contributed by atoms with Gasteiger partial charge in [0, 0.05) is 29.5 Å². The van der Waals surface area contributed by atoms with Gasteiger partial charge in [0.1, 0.15) is 5.60 Å². The zero-order valence-electron chi connectivity index (χ0n) is 13.6. The van der Waals surface area contributed by atoms with E-state index in [0.717, 1.165) is 41.9 Å². The highest BCUT2D eigenvalue weighted by Gasteiger charge is 2.40. The number of rotatable bonds is 4. The highest BCUT2D eigenvalue weighted by molar-refractivity contribution is 5.76. The summed E-state index contributed by atoms with van der Waals surface area (Å²) in [6.07, 6.45) is 1.68. The normalized spacial score (nSPS) is 15.6. The molecule has 0 bridgehead atoms. The van der Waals surface area contributed by atoms with Gasteiger partial charge in [0.25, 0.3) is 0 Å². The average molecular weight is 296 g/mol. The van der Waals surface area contributed by atoms with E-state index >= 15 is 0 Å². The van der Waals surface area contributed by atoms with E-state index in [1.807, 2.05) is 24.3 Å². The lowest BCUT2D eigenvalue weighted by molar-refractivity contribution is 0.0659. The lowest BCUT2D eigenvalue weighted by Crippen LogP contribution is -2.36. The van der Waals surface area contributed by atoms with Crippen molar-refractivity contribution >= 4 is 11.4 Å². The summed E-state index contributed by atoms with van der Waals surface area (Å²) < 4.78 is 0. The molecule has 0 amide bonds. The molecule has 1 aliphatic rings. The number of aliphatic hydroxyl groups is 1. The first-order valence-corrected chi connectivity index (χ1v) is 7.84. The lowest BCUT2D eigenvalue weighted by atomic mass is 9.78. The van der Waals surface area contributed by atoms with E-state index in [9.17, 15) is 5.11 Å². The Bertz CT molecular complexity index is 618. The van der Waals surface area contributed by atoms with Crippen molar-refractivity contribution in [1.82, 2.24) is 4.90 Å². The Hall–Kier alpha value is -1.84. The molecule has 0 atom stereocenters. The monoisotopic (exact) mass is 296 g/mol.